The summed E-state index contributed by atoms with van der Waals surface area (Å²) in [4.78, 5) is 3.07. The smallest absolute Gasteiger partial charge is 0.416 e. The van der Waals surface area contributed by atoms with Crippen molar-refractivity contribution in [3.8, 4) is 22.5 Å². The van der Waals surface area contributed by atoms with E-state index >= 15 is 0 Å². The summed E-state index contributed by atoms with van der Waals surface area (Å²) >= 11 is 4.86. The standard InChI is InChI=1S/C16H10F3NOS/c17-16(18,19)13-7-5-11(6-8-13)10-1-3-12(4-2-10)14-9-20-15(22)21-14/h1-9H,(H,20,22). The molecule has 112 valence electrons. The maximum atomic E-state index is 12.5. The number of aromatic amines is 1. The molecule has 2 nitrogen and oxygen atoms in total. The van der Waals surface area contributed by atoms with E-state index in [0.717, 1.165) is 28.8 Å². The SMILES string of the molecule is FC(F)(F)c1ccc(-c2ccc(-c3c[nH]c(=S)o3)cc2)cc1. The Hall–Kier alpha value is -2.34. The van der Waals surface area contributed by atoms with Gasteiger partial charge in [-0.1, -0.05) is 36.4 Å². The maximum Gasteiger partial charge on any atom is 0.416 e. The lowest BCUT2D eigenvalue weighted by molar-refractivity contribution is -0.137. The third-order valence-corrected chi connectivity index (χ3v) is 3.44. The van der Waals surface area contributed by atoms with Crippen LogP contribution in [0.1, 0.15) is 5.56 Å². The topological polar surface area (TPSA) is 28.9 Å². The van der Waals surface area contributed by atoms with Gasteiger partial charge in [0.15, 0.2) is 5.76 Å². The highest BCUT2D eigenvalue weighted by Crippen LogP contribution is 2.31. The Bertz CT molecular complexity index is 829. The number of hydrogen-bond acceptors (Lipinski definition) is 2. The molecule has 0 saturated carbocycles. The highest BCUT2D eigenvalue weighted by molar-refractivity contribution is 7.71. The van der Waals surface area contributed by atoms with Crippen molar-refractivity contribution in [2.75, 3.05) is 0 Å². The Morgan fingerprint density at radius 3 is 1.77 bits per heavy atom. The summed E-state index contributed by atoms with van der Waals surface area (Å²) in [6.07, 6.45) is -2.66. The fourth-order valence-electron chi connectivity index (χ4n) is 2.10. The molecule has 0 aliphatic heterocycles. The molecule has 1 heterocycles. The average Bonchev–Trinajstić information content (AvgIpc) is 2.93. The van der Waals surface area contributed by atoms with Gasteiger partial charge < -0.3 is 9.40 Å². The minimum atomic E-state index is -4.32. The van der Waals surface area contributed by atoms with Gasteiger partial charge in [-0.05, 0) is 35.5 Å². The van der Waals surface area contributed by atoms with Crippen molar-refractivity contribution < 1.29 is 17.6 Å². The Labute approximate surface area is 129 Å². The summed E-state index contributed by atoms with van der Waals surface area (Å²) in [6.45, 7) is 0. The van der Waals surface area contributed by atoms with Crippen LogP contribution in [0.15, 0.2) is 59.1 Å². The van der Waals surface area contributed by atoms with Gasteiger partial charge in [0, 0.05) is 11.8 Å². The number of alkyl halides is 3. The van der Waals surface area contributed by atoms with Crippen molar-refractivity contribution in [2.45, 2.75) is 6.18 Å². The van der Waals surface area contributed by atoms with Crippen molar-refractivity contribution in [2.24, 2.45) is 0 Å². The first-order chi connectivity index (χ1) is 10.4. The van der Waals surface area contributed by atoms with Crippen LogP contribution in [0.2, 0.25) is 0 Å². The molecule has 0 fully saturated rings. The van der Waals surface area contributed by atoms with Crippen LogP contribution in [-0.2, 0) is 6.18 Å². The first kappa shape index (κ1) is 14.6. The van der Waals surface area contributed by atoms with Gasteiger partial charge in [0.25, 0.3) is 4.84 Å². The monoisotopic (exact) mass is 321 g/mol. The van der Waals surface area contributed by atoms with Gasteiger partial charge in [0.05, 0.1) is 5.56 Å². The summed E-state index contributed by atoms with van der Waals surface area (Å²) < 4.78 is 42.9. The minimum absolute atomic E-state index is 0.293. The van der Waals surface area contributed by atoms with Crippen molar-refractivity contribution in [1.82, 2.24) is 4.98 Å². The van der Waals surface area contributed by atoms with E-state index in [-0.39, 0.29) is 0 Å². The van der Waals surface area contributed by atoms with Crippen LogP contribution in [0.5, 0.6) is 0 Å². The van der Waals surface area contributed by atoms with Gasteiger partial charge in [-0.3, -0.25) is 0 Å². The predicted molar refractivity (Wildman–Crippen MR) is 79.8 cm³/mol. The number of halogens is 3. The van der Waals surface area contributed by atoms with Crippen LogP contribution in [0, 0.1) is 4.84 Å². The molecule has 0 bridgehead atoms. The zero-order valence-electron chi connectivity index (χ0n) is 11.1. The Morgan fingerprint density at radius 1 is 0.818 bits per heavy atom. The predicted octanol–water partition coefficient (Wildman–Crippen LogP) is 5.69. The second-order valence-electron chi connectivity index (χ2n) is 4.69. The summed E-state index contributed by atoms with van der Waals surface area (Å²) in [7, 11) is 0. The van der Waals surface area contributed by atoms with E-state index < -0.39 is 11.7 Å². The number of benzene rings is 2. The molecule has 0 amide bonds. The molecule has 2 aromatic carbocycles. The highest BCUT2D eigenvalue weighted by atomic mass is 32.1. The van der Waals surface area contributed by atoms with Crippen LogP contribution in [0.3, 0.4) is 0 Å². The largest absolute Gasteiger partial charge is 0.429 e. The molecule has 0 aliphatic rings. The molecule has 0 atom stereocenters. The number of nitrogens with one attached hydrogen (secondary N) is 1. The highest BCUT2D eigenvalue weighted by Gasteiger charge is 2.29. The first-order valence-electron chi connectivity index (χ1n) is 6.40. The van der Waals surface area contributed by atoms with E-state index in [1.807, 2.05) is 24.3 Å². The fraction of sp³-hybridized carbons (Fsp3) is 0.0625. The molecule has 6 heteroatoms. The number of rotatable bonds is 2. The second-order valence-corrected chi connectivity index (χ2v) is 5.07. The second kappa shape index (κ2) is 5.46. The van der Waals surface area contributed by atoms with Crippen molar-refractivity contribution in [3.05, 3.63) is 65.1 Å². The zero-order valence-corrected chi connectivity index (χ0v) is 12.0. The molecular formula is C16H10F3NOS. The lowest BCUT2D eigenvalue weighted by atomic mass is 10.0. The van der Waals surface area contributed by atoms with E-state index in [1.165, 1.54) is 12.1 Å². The quantitative estimate of drug-likeness (QED) is 0.614. The van der Waals surface area contributed by atoms with Crippen LogP contribution in [0.25, 0.3) is 22.5 Å². The lowest BCUT2D eigenvalue weighted by Gasteiger charge is -2.08. The van der Waals surface area contributed by atoms with Gasteiger partial charge in [-0.2, -0.15) is 13.2 Å². The third kappa shape index (κ3) is 2.96. The Kier molecular flexibility index (Phi) is 3.62. The first-order valence-corrected chi connectivity index (χ1v) is 6.81. The minimum Gasteiger partial charge on any atom is -0.429 e. The molecule has 0 spiro atoms. The van der Waals surface area contributed by atoms with Gasteiger partial charge in [0.2, 0.25) is 0 Å². The Morgan fingerprint density at radius 2 is 1.32 bits per heavy atom. The van der Waals surface area contributed by atoms with E-state index in [1.54, 1.807) is 6.20 Å². The van der Waals surface area contributed by atoms with E-state index in [2.05, 4.69) is 4.98 Å². The summed E-state index contributed by atoms with van der Waals surface area (Å²) in [5, 5.41) is 0. The van der Waals surface area contributed by atoms with E-state index in [4.69, 9.17) is 16.6 Å². The van der Waals surface area contributed by atoms with Gasteiger partial charge >= 0.3 is 6.18 Å². The third-order valence-electron chi connectivity index (χ3n) is 3.24. The van der Waals surface area contributed by atoms with E-state index in [0.29, 0.717) is 10.6 Å². The molecule has 0 aliphatic carbocycles. The normalized spacial score (nSPS) is 11.6. The number of aromatic nitrogens is 1. The lowest BCUT2D eigenvalue weighted by Crippen LogP contribution is -2.03. The average molecular weight is 321 g/mol. The van der Waals surface area contributed by atoms with Gasteiger partial charge in [-0.25, -0.2) is 0 Å². The number of oxazole rings is 1. The van der Waals surface area contributed by atoms with Crippen molar-refractivity contribution in [1.29, 1.82) is 0 Å². The summed E-state index contributed by atoms with van der Waals surface area (Å²) in [6, 6.07) is 12.4. The molecule has 1 N–H and O–H groups in total. The summed E-state index contributed by atoms with van der Waals surface area (Å²) in [5.41, 5.74) is 1.72. The maximum absolute atomic E-state index is 12.5. The molecule has 0 unspecified atom stereocenters. The van der Waals surface area contributed by atoms with Gasteiger partial charge in [-0.15, -0.1) is 0 Å². The fourth-order valence-corrected chi connectivity index (χ4v) is 2.25. The van der Waals surface area contributed by atoms with E-state index in [9.17, 15) is 13.2 Å². The van der Waals surface area contributed by atoms with Crippen LogP contribution < -0.4 is 0 Å². The molecule has 22 heavy (non-hydrogen) atoms. The Balaban J connectivity index is 1.88. The van der Waals surface area contributed by atoms with Crippen molar-refractivity contribution in [3.63, 3.8) is 0 Å². The van der Waals surface area contributed by atoms with Crippen LogP contribution in [-0.4, -0.2) is 4.98 Å². The van der Waals surface area contributed by atoms with Gasteiger partial charge in [0.1, 0.15) is 0 Å². The van der Waals surface area contributed by atoms with Crippen molar-refractivity contribution >= 4 is 12.2 Å². The zero-order chi connectivity index (χ0) is 15.7. The molecule has 3 aromatic rings. The molecule has 0 radical (unpaired) electrons. The molecule has 0 saturated heterocycles. The molecule has 1 aromatic heterocycles. The number of H-pyrrole nitrogens is 1. The molecular weight excluding hydrogens is 311 g/mol. The molecule has 3 rings (SSSR count). The number of hydrogen-bond donors (Lipinski definition) is 1. The van der Waals surface area contributed by atoms with Crippen LogP contribution >= 0.6 is 12.2 Å². The summed E-state index contributed by atoms with van der Waals surface area (Å²) in [5.74, 6) is 0.615. The van der Waals surface area contributed by atoms with Crippen LogP contribution in [0.4, 0.5) is 13.2 Å².